The third-order valence-electron chi connectivity index (χ3n) is 5.12. The summed E-state index contributed by atoms with van der Waals surface area (Å²) in [4.78, 5) is 36.8. The second-order valence-electron chi connectivity index (χ2n) is 7.60. The van der Waals surface area contributed by atoms with Gasteiger partial charge in [0.25, 0.3) is 5.08 Å². The van der Waals surface area contributed by atoms with Crippen LogP contribution in [0.15, 0.2) is 79.1 Å². The van der Waals surface area contributed by atoms with Crippen molar-refractivity contribution >= 4 is 21.2 Å². The summed E-state index contributed by atoms with van der Waals surface area (Å²) in [5.41, 5.74) is 1.13. The molecule has 2 aromatic carbocycles. The van der Waals surface area contributed by atoms with Crippen LogP contribution in [0, 0.1) is 0 Å². The quantitative estimate of drug-likeness (QED) is 0.258. The molecule has 0 radical (unpaired) electrons. The van der Waals surface area contributed by atoms with E-state index in [0.717, 1.165) is 5.56 Å². The van der Waals surface area contributed by atoms with Crippen molar-refractivity contribution in [2.75, 3.05) is 0 Å². The van der Waals surface area contributed by atoms with Gasteiger partial charge in [-0.1, -0.05) is 48.5 Å². The molecule has 0 saturated carbocycles. The number of pyridine rings is 1. The molecule has 0 amide bonds. The van der Waals surface area contributed by atoms with Crippen molar-refractivity contribution in [1.82, 2.24) is 4.98 Å². The smallest absolute Gasteiger partial charge is 0.374 e. The lowest BCUT2D eigenvalue weighted by Crippen LogP contribution is -2.37. The molecule has 34 heavy (non-hydrogen) atoms. The fourth-order valence-corrected chi connectivity index (χ4v) is 6.91. The summed E-state index contributed by atoms with van der Waals surface area (Å²) in [7, 11) is -10.2. The molecule has 3 aromatic rings. The Kier molecular flexibility index (Phi) is 6.85. The van der Waals surface area contributed by atoms with Crippen molar-refractivity contribution in [1.29, 1.82) is 0 Å². The Morgan fingerprint density at radius 2 is 1.56 bits per heavy atom. The predicted molar refractivity (Wildman–Crippen MR) is 120 cm³/mol. The molecule has 3 N–H and O–H groups in total. The van der Waals surface area contributed by atoms with Crippen molar-refractivity contribution in [3.8, 4) is 5.75 Å². The Labute approximate surface area is 194 Å². The maximum atomic E-state index is 12.9. The molecule has 0 aliphatic carbocycles. The number of nitrogens with zero attached hydrogens (tertiary/aromatic N) is 1. The summed E-state index contributed by atoms with van der Waals surface area (Å²) in [6, 6.07) is 17.5. The molecule has 10 nitrogen and oxygen atoms in total. The number of ether oxygens (including phenoxy) is 1. The lowest BCUT2D eigenvalue weighted by Gasteiger charge is -2.41. The van der Waals surface area contributed by atoms with Gasteiger partial charge in [-0.2, -0.15) is 0 Å². The average molecular weight is 505 g/mol. The van der Waals surface area contributed by atoms with E-state index < -0.39 is 39.0 Å². The van der Waals surface area contributed by atoms with Crippen LogP contribution < -0.4 is 4.74 Å². The first-order chi connectivity index (χ1) is 16.1. The maximum Gasteiger partial charge on any atom is 0.374 e. The Bertz CT molecular complexity index is 1230. The van der Waals surface area contributed by atoms with Gasteiger partial charge in [0, 0.05) is 24.4 Å². The third-order valence-corrected chi connectivity index (χ3v) is 9.72. The minimum Gasteiger partial charge on any atom is -0.426 e. The summed E-state index contributed by atoms with van der Waals surface area (Å²) < 4.78 is 41.1. The second kappa shape index (κ2) is 9.52. The summed E-state index contributed by atoms with van der Waals surface area (Å²) in [6.07, 6.45) is 0.383. The fraction of sp³-hybridized carbons (Fsp3) is 0.182. The van der Waals surface area contributed by atoms with E-state index in [1.165, 1.54) is 48.8 Å². The first-order valence-electron chi connectivity index (χ1n) is 10.1. The van der Waals surface area contributed by atoms with E-state index in [0.29, 0.717) is 0 Å². The Morgan fingerprint density at radius 1 is 0.941 bits per heavy atom. The number of aliphatic hydroxyl groups is 1. The highest BCUT2D eigenvalue weighted by molar-refractivity contribution is 7.73. The zero-order valence-electron chi connectivity index (χ0n) is 17.6. The first-order valence-corrected chi connectivity index (χ1v) is 13.2. The zero-order valence-corrected chi connectivity index (χ0v) is 19.4. The van der Waals surface area contributed by atoms with E-state index in [4.69, 9.17) is 13.8 Å². The largest absolute Gasteiger partial charge is 0.426 e. The van der Waals surface area contributed by atoms with Gasteiger partial charge in [0.2, 0.25) is 6.29 Å². The van der Waals surface area contributed by atoms with E-state index in [-0.39, 0.29) is 23.3 Å². The number of benzene rings is 2. The molecular weight excluding hydrogens is 484 g/mol. The van der Waals surface area contributed by atoms with Crippen molar-refractivity contribution in [2.24, 2.45) is 0 Å². The summed E-state index contributed by atoms with van der Waals surface area (Å²) >= 11 is 0. The van der Waals surface area contributed by atoms with E-state index in [2.05, 4.69) is 4.98 Å². The van der Waals surface area contributed by atoms with E-state index in [9.17, 15) is 28.8 Å². The Hall–Kier alpha value is -2.68. The minimum atomic E-state index is -5.09. The summed E-state index contributed by atoms with van der Waals surface area (Å²) in [5.74, 6) is -0.308. The number of aromatic nitrogens is 1. The maximum absolute atomic E-state index is 12.9. The van der Waals surface area contributed by atoms with Crippen molar-refractivity contribution < 1.29 is 42.6 Å². The molecule has 0 bridgehead atoms. The van der Waals surface area contributed by atoms with Crippen LogP contribution in [0.3, 0.4) is 0 Å². The number of esters is 1. The van der Waals surface area contributed by atoms with Crippen molar-refractivity contribution in [2.45, 2.75) is 24.2 Å². The van der Waals surface area contributed by atoms with E-state index >= 15 is 0 Å². The third kappa shape index (κ3) is 5.04. The molecule has 1 fully saturated rings. The van der Waals surface area contributed by atoms with Crippen LogP contribution in [-0.2, 0) is 35.8 Å². The van der Waals surface area contributed by atoms with Crippen LogP contribution in [0.5, 0.6) is 5.75 Å². The van der Waals surface area contributed by atoms with Gasteiger partial charge in [0.1, 0.15) is 5.75 Å². The van der Waals surface area contributed by atoms with Crippen LogP contribution >= 0.6 is 15.2 Å². The molecule has 2 atom stereocenters. The first kappa shape index (κ1) is 24.4. The number of carbonyl (C=O) groups excluding carboxylic acids is 1. The van der Waals surface area contributed by atoms with Crippen LogP contribution in [0.25, 0.3) is 0 Å². The van der Waals surface area contributed by atoms with Crippen LogP contribution in [0.4, 0.5) is 0 Å². The molecule has 178 valence electrons. The van der Waals surface area contributed by atoms with Gasteiger partial charge in [0.15, 0.2) is 0 Å². The number of rotatable bonds is 6. The van der Waals surface area contributed by atoms with Gasteiger partial charge in [0.05, 0.1) is 6.42 Å². The van der Waals surface area contributed by atoms with E-state index in [1.807, 2.05) is 6.07 Å². The topological polar surface area (TPSA) is 152 Å². The second-order valence-corrected chi connectivity index (χ2v) is 11.9. The molecule has 2 heterocycles. The molecule has 1 aromatic heterocycles. The number of hydrogen-bond acceptors (Lipinski definition) is 8. The molecule has 4 rings (SSSR count). The van der Waals surface area contributed by atoms with Gasteiger partial charge in [-0.3, -0.25) is 28.0 Å². The van der Waals surface area contributed by atoms with Gasteiger partial charge < -0.3 is 19.6 Å². The van der Waals surface area contributed by atoms with Crippen LogP contribution in [0.1, 0.15) is 23.0 Å². The zero-order chi connectivity index (χ0) is 24.4. The lowest BCUT2D eigenvalue weighted by molar-refractivity contribution is -0.133. The average Bonchev–Trinajstić information content (AvgIpc) is 2.79. The predicted octanol–water partition coefficient (Wildman–Crippen LogP) is 3.53. The number of carbonyl (C=O) groups is 1. The van der Waals surface area contributed by atoms with Crippen LogP contribution in [-0.4, -0.2) is 30.9 Å². The highest BCUT2D eigenvalue weighted by atomic mass is 31.2. The van der Waals surface area contributed by atoms with Crippen molar-refractivity contribution in [3.63, 3.8) is 0 Å². The number of hydrogen-bond donors (Lipinski definition) is 3. The van der Waals surface area contributed by atoms with Gasteiger partial charge in [-0.05, 0) is 29.3 Å². The monoisotopic (exact) mass is 505 g/mol. The summed E-state index contributed by atoms with van der Waals surface area (Å²) in [6.45, 7) is 0. The van der Waals surface area contributed by atoms with Crippen LogP contribution in [0.2, 0.25) is 0 Å². The molecule has 1 aliphatic heterocycles. The minimum absolute atomic E-state index is 0.0638. The molecule has 2 unspecified atom stereocenters. The van der Waals surface area contributed by atoms with E-state index in [1.54, 1.807) is 24.3 Å². The van der Waals surface area contributed by atoms with Gasteiger partial charge in [-0.25, -0.2) is 0 Å². The fourth-order valence-electron chi connectivity index (χ4n) is 3.33. The highest BCUT2D eigenvalue weighted by Gasteiger charge is 2.67. The molecule has 1 aliphatic rings. The molecule has 12 heteroatoms. The molecule has 1 saturated heterocycles. The lowest BCUT2D eigenvalue weighted by atomic mass is 10.1. The van der Waals surface area contributed by atoms with Gasteiger partial charge >= 0.3 is 21.2 Å². The van der Waals surface area contributed by atoms with Crippen molar-refractivity contribution in [3.05, 3.63) is 95.8 Å². The SMILES string of the molecule is O=C(Cc1ccccc1)Oc1ccc(C2OP(=O)(O)C(O)(Cc3cccnc3)P(=O)(O)O2)cc1. The summed E-state index contributed by atoms with van der Waals surface area (Å²) in [5, 5.41) is 7.67. The standard InChI is InChI=1S/C22H21NO9P2/c24-20(13-16-5-2-1-3-6-16)30-19-10-8-18(9-11-19)21-31-33(26,27)22(25,34(28,29)32-21)14-17-7-4-12-23-15-17/h1-12,15,21,25H,13-14H2,(H,26,27)(H,28,29). The Morgan fingerprint density at radius 3 is 2.15 bits per heavy atom. The highest BCUT2D eigenvalue weighted by Crippen LogP contribution is 2.79. The molecule has 0 spiro atoms. The Balaban J connectivity index is 1.47. The molecular formula is C22H21NO9P2. The van der Waals surface area contributed by atoms with Gasteiger partial charge in [-0.15, -0.1) is 0 Å². The normalized spacial score (nSPS) is 28.9.